The van der Waals surface area contributed by atoms with E-state index in [1.54, 1.807) is 51.1 Å². The van der Waals surface area contributed by atoms with Crippen LogP contribution in [0.2, 0.25) is 0 Å². The van der Waals surface area contributed by atoms with Crippen LogP contribution in [0.15, 0.2) is 48.5 Å². The van der Waals surface area contributed by atoms with Gasteiger partial charge in [0.2, 0.25) is 5.91 Å². The van der Waals surface area contributed by atoms with Crippen LogP contribution in [0.1, 0.15) is 69.3 Å². The second-order valence-corrected chi connectivity index (χ2v) is 11.0. The Kier molecular flexibility index (Phi) is 9.44. The molecule has 1 aliphatic rings. The van der Waals surface area contributed by atoms with Crippen molar-refractivity contribution in [2.45, 2.75) is 47.6 Å². The second-order valence-electron chi connectivity index (χ2n) is 11.0. The number of aliphatic hydroxyl groups is 1. The molecule has 5 rings (SSSR count). The Morgan fingerprint density at radius 3 is 2.50 bits per heavy atom. The first-order valence-corrected chi connectivity index (χ1v) is 14.5. The van der Waals surface area contributed by atoms with Gasteiger partial charge in [-0.05, 0) is 49.4 Å². The van der Waals surface area contributed by atoms with Gasteiger partial charge in [-0.1, -0.05) is 34.6 Å². The van der Waals surface area contributed by atoms with E-state index < -0.39 is 23.3 Å². The molecule has 0 saturated heterocycles. The summed E-state index contributed by atoms with van der Waals surface area (Å²) in [5, 5.41) is 21.2. The lowest BCUT2D eigenvalue weighted by molar-refractivity contribution is -0.123. The molecule has 4 aromatic rings. The van der Waals surface area contributed by atoms with E-state index in [-0.39, 0.29) is 24.9 Å². The third-order valence-corrected chi connectivity index (χ3v) is 7.13. The summed E-state index contributed by atoms with van der Waals surface area (Å²) in [7, 11) is 1.31. The molecule has 1 aromatic heterocycles. The van der Waals surface area contributed by atoms with Crippen molar-refractivity contribution in [2.75, 3.05) is 25.6 Å². The molecule has 9 nitrogen and oxygen atoms in total. The van der Waals surface area contributed by atoms with E-state index in [2.05, 4.69) is 5.32 Å². The minimum atomic E-state index is -0.675. The third-order valence-electron chi connectivity index (χ3n) is 7.13. The minimum absolute atomic E-state index is 0.0439. The van der Waals surface area contributed by atoms with Gasteiger partial charge in [0.15, 0.2) is 0 Å². The fourth-order valence-corrected chi connectivity index (χ4v) is 5.10. The number of methoxy groups -OCH3 is 1. The van der Waals surface area contributed by atoms with Gasteiger partial charge in [-0.3, -0.25) is 4.79 Å². The minimum Gasteiger partial charge on any atom is -0.489 e. The van der Waals surface area contributed by atoms with Gasteiger partial charge in [-0.25, -0.2) is 9.18 Å². The van der Waals surface area contributed by atoms with Gasteiger partial charge in [0.25, 0.3) is 0 Å². The average Bonchev–Trinajstić information content (AvgIpc) is 3.34. The Morgan fingerprint density at radius 1 is 1.14 bits per heavy atom. The zero-order valence-corrected chi connectivity index (χ0v) is 26.0. The van der Waals surface area contributed by atoms with Crippen LogP contribution in [0.3, 0.4) is 0 Å². The van der Waals surface area contributed by atoms with E-state index in [1.807, 2.05) is 31.4 Å². The fraction of sp³-hybridized carbons (Fsp3) is 0.324. The van der Waals surface area contributed by atoms with Crippen LogP contribution in [0.4, 0.5) is 10.1 Å². The van der Waals surface area contributed by atoms with Crippen LogP contribution in [0.25, 0.3) is 27.7 Å². The number of esters is 1. The lowest BCUT2D eigenvalue weighted by Crippen LogP contribution is -2.28. The van der Waals surface area contributed by atoms with E-state index in [0.29, 0.717) is 39.3 Å². The van der Waals surface area contributed by atoms with Crippen molar-refractivity contribution < 1.29 is 33.3 Å². The van der Waals surface area contributed by atoms with Gasteiger partial charge >= 0.3 is 5.97 Å². The first-order chi connectivity index (χ1) is 21.0. The monoisotopic (exact) mass is 603 g/mol. The number of rotatable bonds is 7. The van der Waals surface area contributed by atoms with Crippen molar-refractivity contribution in [3.63, 3.8) is 0 Å². The van der Waals surface area contributed by atoms with Gasteiger partial charge in [-0.15, -0.1) is 0 Å². The number of hydrogen-bond acceptors (Lipinski definition) is 7. The molecule has 1 amide bonds. The molecule has 0 spiro atoms. The third kappa shape index (κ3) is 5.90. The number of hydrogen-bond donors (Lipinski definition) is 3. The maximum atomic E-state index is 14.4. The predicted octanol–water partition coefficient (Wildman–Crippen LogP) is 7.06. The number of aromatic nitrogens is 1. The number of carbonyl (C=O) groups is 2. The molecule has 3 N–H and O–H groups in total. The number of carbonyl (C=O) groups excluding carboxylic acids is 2. The van der Waals surface area contributed by atoms with Gasteiger partial charge in [-0.2, -0.15) is 0 Å². The number of aliphatic hydroxyl groups excluding tert-OH is 1. The molecule has 0 bridgehead atoms. The number of nitrogens with zero attached hydrogens (tertiary/aromatic N) is 1. The van der Waals surface area contributed by atoms with Gasteiger partial charge in [0, 0.05) is 39.8 Å². The summed E-state index contributed by atoms with van der Waals surface area (Å²) >= 11 is 0. The zero-order chi connectivity index (χ0) is 32.3. The molecule has 1 atom stereocenters. The molecule has 3 aromatic carbocycles. The summed E-state index contributed by atoms with van der Waals surface area (Å²) in [6.07, 6.45) is 0.623. The predicted molar refractivity (Wildman–Crippen MR) is 169 cm³/mol. The molecule has 0 aliphatic carbocycles. The largest absolute Gasteiger partial charge is 0.489 e. The van der Waals surface area contributed by atoms with Crippen molar-refractivity contribution >= 4 is 34.7 Å². The standard InChI is InChI=1S/C32H32FN3O6.C2H6/c1-17-29-28(21-8-6-18(30(38)40-5)13-26(21)42-17)22-15-23(35-31(39)32(2,3)4)19(16-34)12-25(22)36(29)24-9-7-20(33)14-27(24)41-11-10-37;1-2/h6-9,12-17,34,37H,10-11H2,1-5H3,(H,35,39);1-2H3. The normalized spacial score (nSPS) is 13.5. The quantitative estimate of drug-likeness (QED) is 0.154. The maximum Gasteiger partial charge on any atom is 0.337 e. The SMILES string of the molecule is CC.COC(=O)c1ccc2c(c1)OC(C)c1c-2c2cc(NC(=O)C(C)(C)C)c(C=N)cc2n1-c1ccc(F)cc1OCCO. The van der Waals surface area contributed by atoms with Crippen LogP contribution in [-0.2, 0) is 9.53 Å². The van der Waals surface area contributed by atoms with Gasteiger partial charge in [0.05, 0.1) is 41.9 Å². The molecule has 44 heavy (non-hydrogen) atoms. The summed E-state index contributed by atoms with van der Waals surface area (Å²) in [6.45, 7) is 11.0. The second kappa shape index (κ2) is 12.9. The fourth-order valence-electron chi connectivity index (χ4n) is 5.10. The van der Waals surface area contributed by atoms with Crippen molar-refractivity contribution in [2.24, 2.45) is 5.41 Å². The van der Waals surface area contributed by atoms with Crippen molar-refractivity contribution in [1.29, 1.82) is 5.41 Å². The highest BCUT2D eigenvalue weighted by Crippen LogP contribution is 2.50. The first-order valence-electron chi connectivity index (χ1n) is 14.5. The number of anilines is 1. The summed E-state index contributed by atoms with van der Waals surface area (Å²) in [5.74, 6) is -0.527. The molecule has 10 heteroatoms. The summed E-state index contributed by atoms with van der Waals surface area (Å²) in [6, 6.07) is 12.8. The summed E-state index contributed by atoms with van der Waals surface area (Å²) < 4.78 is 33.2. The van der Waals surface area contributed by atoms with E-state index in [4.69, 9.17) is 19.6 Å². The zero-order valence-electron chi connectivity index (χ0n) is 26.0. The molecule has 0 radical (unpaired) electrons. The van der Waals surface area contributed by atoms with E-state index >= 15 is 0 Å². The highest BCUT2D eigenvalue weighted by molar-refractivity contribution is 6.09. The summed E-state index contributed by atoms with van der Waals surface area (Å²) in [4.78, 5) is 25.3. The Labute approximate surface area is 256 Å². The number of benzene rings is 3. The Balaban J connectivity index is 0.00000216. The Morgan fingerprint density at radius 2 is 1.86 bits per heavy atom. The Hall–Kier alpha value is -4.70. The van der Waals surface area contributed by atoms with Crippen LogP contribution < -0.4 is 14.8 Å². The lowest BCUT2D eigenvalue weighted by atomic mass is 9.93. The highest BCUT2D eigenvalue weighted by Gasteiger charge is 2.33. The molecule has 1 aliphatic heterocycles. The lowest BCUT2D eigenvalue weighted by Gasteiger charge is -2.27. The van der Waals surface area contributed by atoms with Crippen LogP contribution in [0, 0.1) is 16.6 Å². The topological polar surface area (TPSA) is 123 Å². The smallest absolute Gasteiger partial charge is 0.337 e. The van der Waals surface area contributed by atoms with Crippen LogP contribution in [-0.4, -0.2) is 48.1 Å². The molecular weight excluding hydrogens is 565 g/mol. The number of nitrogens with one attached hydrogen (secondary N) is 2. The van der Waals surface area contributed by atoms with E-state index in [0.717, 1.165) is 16.6 Å². The van der Waals surface area contributed by atoms with Crippen molar-refractivity contribution in [1.82, 2.24) is 4.57 Å². The molecule has 232 valence electrons. The van der Waals surface area contributed by atoms with E-state index in [1.165, 1.54) is 25.5 Å². The number of fused-ring (bicyclic) bond motifs is 5. The molecule has 0 fully saturated rings. The molecule has 0 saturated carbocycles. The van der Waals surface area contributed by atoms with Gasteiger partial charge < -0.3 is 34.6 Å². The van der Waals surface area contributed by atoms with E-state index in [9.17, 15) is 19.1 Å². The average molecular weight is 604 g/mol. The van der Waals surface area contributed by atoms with Crippen LogP contribution >= 0.6 is 0 Å². The van der Waals surface area contributed by atoms with Gasteiger partial charge in [0.1, 0.15) is 30.0 Å². The Bertz CT molecular complexity index is 1740. The maximum absolute atomic E-state index is 14.4. The number of ether oxygens (including phenoxy) is 3. The highest BCUT2D eigenvalue weighted by atomic mass is 19.1. The number of halogens is 1. The first kappa shape index (κ1) is 32.2. The molecule has 1 unspecified atom stereocenters. The van der Waals surface area contributed by atoms with Crippen molar-refractivity contribution in [3.8, 4) is 28.3 Å². The molecular formula is C34H38FN3O6. The van der Waals surface area contributed by atoms with Crippen LogP contribution in [0.5, 0.6) is 11.5 Å². The summed E-state index contributed by atoms with van der Waals surface area (Å²) in [5.41, 5.74) is 3.96. The number of amides is 1. The van der Waals surface area contributed by atoms with Crippen molar-refractivity contribution in [3.05, 3.63) is 71.2 Å². The molecule has 2 heterocycles.